The van der Waals surface area contributed by atoms with Crippen molar-refractivity contribution in [2.45, 2.75) is 24.3 Å². The summed E-state index contributed by atoms with van der Waals surface area (Å²) in [4.78, 5) is 22.6. The number of amides is 2. The molecule has 8 nitrogen and oxygen atoms in total. The Balaban J connectivity index is 2.01. The first-order valence-corrected chi connectivity index (χ1v) is 6.82. The molecule has 0 aliphatic carbocycles. The van der Waals surface area contributed by atoms with Crippen LogP contribution >= 0.6 is 11.8 Å². The van der Waals surface area contributed by atoms with Crippen molar-refractivity contribution in [1.29, 1.82) is 0 Å². The molecular weight excluding hydrogens is 298 g/mol. The Bertz CT molecular complexity index is 651. The summed E-state index contributed by atoms with van der Waals surface area (Å²) in [6, 6.07) is 1.71. The molecule has 9 heteroatoms. The third-order valence-corrected chi connectivity index (χ3v) is 3.49. The summed E-state index contributed by atoms with van der Waals surface area (Å²) < 4.78 is 14.9. The highest BCUT2D eigenvalue weighted by molar-refractivity contribution is 8.00. The highest BCUT2D eigenvalue weighted by Crippen LogP contribution is 2.28. The lowest BCUT2D eigenvalue weighted by Crippen LogP contribution is -2.35. The van der Waals surface area contributed by atoms with Crippen LogP contribution in [0.2, 0.25) is 0 Å². The number of nitrogens with one attached hydrogen (secondary N) is 1. The van der Waals surface area contributed by atoms with Crippen molar-refractivity contribution in [3.8, 4) is 11.5 Å². The fourth-order valence-electron chi connectivity index (χ4n) is 1.43. The van der Waals surface area contributed by atoms with E-state index in [2.05, 4.69) is 20.3 Å². The summed E-state index contributed by atoms with van der Waals surface area (Å²) in [5.41, 5.74) is 0.695. The quantitative estimate of drug-likeness (QED) is 0.854. The number of alkyl carbamates (subject to hydrolysis) is 1. The number of hydrogen-bond acceptors (Lipinski definition) is 8. The number of aromatic nitrogens is 2. The van der Waals surface area contributed by atoms with Crippen molar-refractivity contribution >= 4 is 23.8 Å². The lowest BCUT2D eigenvalue weighted by molar-refractivity contribution is -0.119. The first kappa shape index (κ1) is 15.1. The fraction of sp³-hybridized carbons (Fsp3) is 0.333. The average Bonchev–Trinajstić information content (AvgIpc) is 3.07. The maximum Gasteiger partial charge on any atom is 0.413 e. The number of carbonyl (C=O) groups excluding carboxylic acids is 2. The minimum Gasteiger partial charge on any atom is -0.469 e. The normalized spacial score (nSPS) is 12.0. The van der Waals surface area contributed by atoms with Gasteiger partial charge >= 0.3 is 6.09 Å². The summed E-state index contributed by atoms with van der Waals surface area (Å²) in [6.07, 6.45) is 0.710. The number of hydrogen-bond donors (Lipinski definition) is 1. The number of furan rings is 1. The summed E-state index contributed by atoms with van der Waals surface area (Å²) in [7, 11) is 1.18. The van der Waals surface area contributed by atoms with Crippen LogP contribution in [-0.4, -0.2) is 34.6 Å². The van der Waals surface area contributed by atoms with Crippen LogP contribution in [-0.2, 0) is 9.53 Å². The minimum atomic E-state index is -0.812. The number of ether oxygens (including phenoxy) is 1. The van der Waals surface area contributed by atoms with Gasteiger partial charge in [0.25, 0.3) is 11.1 Å². The van der Waals surface area contributed by atoms with Crippen molar-refractivity contribution < 1.29 is 23.2 Å². The van der Waals surface area contributed by atoms with E-state index in [1.165, 1.54) is 13.4 Å². The van der Waals surface area contributed by atoms with Gasteiger partial charge in [-0.3, -0.25) is 10.1 Å². The average molecular weight is 311 g/mol. The van der Waals surface area contributed by atoms with E-state index in [-0.39, 0.29) is 5.22 Å². The number of imide groups is 1. The van der Waals surface area contributed by atoms with Gasteiger partial charge in [-0.1, -0.05) is 11.8 Å². The second-order valence-corrected chi connectivity index (χ2v) is 5.30. The Kier molecular flexibility index (Phi) is 4.63. The largest absolute Gasteiger partial charge is 0.469 e. The first-order valence-electron chi connectivity index (χ1n) is 5.94. The molecule has 0 saturated heterocycles. The Morgan fingerprint density at radius 1 is 1.43 bits per heavy atom. The zero-order valence-corrected chi connectivity index (χ0v) is 12.4. The number of carbonyl (C=O) groups is 2. The first-order chi connectivity index (χ1) is 10.0. The van der Waals surface area contributed by atoms with Gasteiger partial charge in [0, 0.05) is 0 Å². The molecule has 112 valence electrons. The van der Waals surface area contributed by atoms with Crippen molar-refractivity contribution in [3.05, 3.63) is 18.1 Å². The van der Waals surface area contributed by atoms with E-state index in [4.69, 9.17) is 8.83 Å². The van der Waals surface area contributed by atoms with Gasteiger partial charge in [0.2, 0.25) is 5.91 Å². The molecule has 0 aromatic carbocycles. The third kappa shape index (κ3) is 3.63. The molecule has 0 aliphatic heterocycles. The second kappa shape index (κ2) is 6.44. The van der Waals surface area contributed by atoms with Gasteiger partial charge in [0.05, 0.1) is 24.2 Å². The third-order valence-electron chi connectivity index (χ3n) is 2.55. The molecule has 1 N–H and O–H groups in total. The molecule has 2 aromatic heterocycles. The zero-order chi connectivity index (χ0) is 15.4. The van der Waals surface area contributed by atoms with Crippen LogP contribution in [0.3, 0.4) is 0 Å². The summed E-state index contributed by atoms with van der Waals surface area (Å²) in [5.74, 6) is 0.460. The lowest BCUT2D eigenvalue weighted by Gasteiger charge is -2.07. The molecule has 0 spiro atoms. The number of thioether (sulfide) groups is 1. The van der Waals surface area contributed by atoms with Gasteiger partial charge in [-0.2, -0.15) is 0 Å². The number of aryl methyl sites for hydroxylation is 1. The van der Waals surface area contributed by atoms with Gasteiger partial charge in [0.1, 0.15) is 5.76 Å². The molecule has 0 unspecified atom stereocenters. The van der Waals surface area contributed by atoms with Crippen LogP contribution in [0.15, 0.2) is 26.4 Å². The van der Waals surface area contributed by atoms with Crippen molar-refractivity contribution in [3.63, 3.8) is 0 Å². The summed E-state index contributed by atoms with van der Waals surface area (Å²) in [6.45, 7) is 3.38. The van der Waals surface area contributed by atoms with E-state index in [1.54, 1.807) is 19.9 Å². The van der Waals surface area contributed by atoms with Crippen molar-refractivity contribution in [2.24, 2.45) is 0 Å². The van der Waals surface area contributed by atoms with Crippen LogP contribution in [0.25, 0.3) is 11.5 Å². The molecule has 0 saturated carbocycles. The van der Waals surface area contributed by atoms with Gasteiger partial charge in [-0.15, -0.1) is 10.2 Å². The molecule has 21 heavy (non-hydrogen) atoms. The molecule has 2 rings (SSSR count). The van der Waals surface area contributed by atoms with E-state index in [0.29, 0.717) is 17.2 Å². The molecular formula is C12H13N3O5S. The van der Waals surface area contributed by atoms with Gasteiger partial charge < -0.3 is 13.6 Å². The molecule has 1 atom stereocenters. The van der Waals surface area contributed by atoms with Gasteiger partial charge in [-0.05, 0) is 19.9 Å². The number of nitrogens with zero attached hydrogens (tertiary/aromatic N) is 2. The Morgan fingerprint density at radius 2 is 2.19 bits per heavy atom. The maximum absolute atomic E-state index is 11.7. The molecule has 0 fully saturated rings. The smallest absolute Gasteiger partial charge is 0.413 e. The number of methoxy groups -OCH3 is 1. The van der Waals surface area contributed by atoms with E-state index in [9.17, 15) is 9.59 Å². The number of rotatable bonds is 4. The molecule has 2 heterocycles. The molecule has 0 aliphatic rings. The van der Waals surface area contributed by atoms with Crippen LogP contribution in [0.4, 0.5) is 4.79 Å². The molecule has 2 amide bonds. The highest BCUT2D eigenvalue weighted by Gasteiger charge is 2.21. The second-order valence-electron chi connectivity index (χ2n) is 4.00. The van der Waals surface area contributed by atoms with Crippen molar-refractivity contribution in [1.82, 2.24) is 15.5 Å². The monoisotopic (exact) mass is 311 g/mol. The zero-order valence-electron chi connectivity index (χ0n) is 11.6. The Labute approximate surface area is 124 Å². The fourth-order valence-corrected chi connectivity index (χ4v) is 2.11. The van der Waals surface area contributed by atoms with Crippen molar-refractivity contribution in [2.75, 3.05) is 7.11 Å². The van der Waals surface area contributed by atoms with Gasteiger partial charge in [0.15, 0.2) is 0 Å². The SMILES string of the molecule is COC(=O)NC(=O)[C@@H](C)Sc1nnc(-c2ccoc2C)o1. The predicted octanol–water partition coefficient (Wildman–Crippen LogP) is 2.00. The summed E-state index contributed by atoms with van der Waals surface area (Å²) in [5, 5.41) is 9.42. The summed E-state index contributed by atoms with van der Waals surface area (Å²) >= 11 is 1.04. The predicted molar refractivity (Wildman–Crippen MR) is 72.6 cm³/mol. The van der Waals surface area contributed by atoms with Crippen LogP contribution in [0.1, 0.15) is 12.7 Å². The molecule has 2 aromatic rings. The highest BCUT2D eigenvalue weighted by atomic mass is 32.2. The topological polar surface area (TPSA) is 107 Å². The molecule has 0 bridgehead atoms. The van der Waals surface area contributed by atoms with E-state index in [1.807, 2.05) is 0 Å². The van der Waals surface area contributed by atoms with Crippen LogP contribution < -0.4 is 5.32 Å². The lowest BCUT2D eigenvalue weighted by atomic mass is 10.3. The van der Waals surface area contributed by atoms with E-state index < -0.39 is 17.3 Å². The van der Waals surface area contributed by atoms with E-state index in [0.717, 1.165) is 11.8 Å². The standard InChI is InChI=1S/C12H13N3O5S/c1-6-8(4-5-19-6)10-14-15-12(20-10)21-7(2)9(16)13-11(17)18-3/h4-5,7H,1-3H3,(H,13,16,17)/t7-/m1/s1. The maximum atomic E-state index is 11.7. The van der Waals surface area contributed by atoms with Crippen LogP contribution in [0.5, 0.6) is 0 Å². The Morgan fingerprint density at radius 3 is 2.81 bits per heavy atom. The van der Waals surface area contributed by atoms with E-state index >= 15 is 0 Å². The van der Waals surface area contributed by atoms with Crippen LogP contribution in [0, 0.1) is 6.92 Å². The van der Waals surface area contributed by atoms with Gasteiger partial charge in [-0.25, -0.2) is 4.79 Å². The molecule has 0 radical (unpaired) electrons. The Hall–Kier alpha value is -2.29. The minimum absolute atomic E-state index is 0.220.